The SMILES string of the molecule is COc1c2cc(C([NH])=O)c(-c3cccc4c3C=CC4)c1[Si](C)(C)[Si](C)(C)[Si]2(C)C. The minimum absolute atomic E-state index is 0.565. The van der Waals surface area contributed by atoms with Gasteiger partial charge < -0.3 is 4.74 Å². The zero-order chi connectivity index (χ0) is 21.4. The Hall–Kier alpha value is -1.90. The molecule has 2 aromatic carbocycles. The molecule has 2 aliphatic rings. The van der Waals surface area contributed by atoms with E-state index in [1.54, 1.807) is 7.11 Å². The Balaban J connectivity index is 2.23. The van der Waals surface area contributed by atoms with Crippen molar-refractivity contribution in [2.24, 2.45) is 0 Å². The molecule has 0 fully saturated rings. The van der Waals surface area contributed by atoms with Gasteiger partial charge in [-0.15, -0.1) is 0 Å². The zero-order valence-corrected chi connectivity index (χ0v) is 21.5. The molecule has 0 unspecified atom stereocenters. The maximum atomic E-state index is 12.6. The van der Waals surface area contributed by atoms with Gasteiger partial charge >= 0.3 is 0 Å². The fourth-order valence-electron chi connectivity index (χ4n) is 5.34. The summed E-state index contributed by atoms with van der Waals surface area (Å²) in [6, 6.07) is 8.42. The first-order chi connectivity index (χ1) is 13.5. The molecule has 1 aliphatic heterocycles. The van der Waals surface area contributed by atoms with Crippen molar-refractivity contribution in [2.75, 3.05) is 7.11 Å². The predicted octanol–water partition coefficient (Wildman–Crippen LogP) is 4.06. The van der Waals surface area contributed by atoms with Gasteiger partial charge in [-0.25, -0.2) is 0 Å². The summed E-state index contributed by atoms with van der Waals surface area (Å²) < 4.78 is 6.10. The largest absolute Gasteiger partial charge is 0.497 e. The van der Waals surface area contributed by atoms with Gasteiger partial charge in [0.05, 0.1) is 22.3 Å². The number of carbonyl (C=O) groups is 1. The van der Waals surface area contributed by atoms with Crippen LogP contribution in [0.1, 0.15) is 21.5 Å². The smallest absolute Gasteiger partial charge is 0.270 e. The molecule has 1 N–H and O–H groups in total. The average molecular weight is 437 g/mol. The predicted molar refractivity (Wildman–Crippen MR) is 130 cm³/mol. The second kappa shape index (κ2) is 6.30. The van der Waals surface area contributed by atoms with Crippen molar-refractivity contribution in [3.63, 3.8) is 0 Å². The van der Waals surface area contributed by atoms with Gasteiger partial charge in [0.1, 0.15) is 5.75 Å². The van der Waals surface area contributed by atoms with E-state index < -0.39 is 28.2 Å². The average Bonchev–Trinajstić information content (AvgIpc) is 3.13. The molecule has 4 rings (SSSR count). The lowest BCUT2D eigenvalue weighted by molar-refractivity contribution is 0.0993. The van der Waals surface area contributed by atoms with Crippen molar-refractivity contribution in [1.29, 1.82) is 0 Å². The molecule has 151 valence electrons. The lowest BCUT2D eigenvalue weighted by Gasteiger charge is -2.54. The van der Waals surface area contributed by atoms with Gasteiger partial charge in [0.25, 0.3) is 5.91 Å². The molecule has 1 aliphatic carbocycles. The number of allylic oxidation sites excluding steroid dienone is 1. The number of hydrogen-bond acceptors (Lipinski definition) is 2. The summed E-state index contributed by atoms with van der Waals surface area (Å²) in [5.74, 6) is 0.436. The second-order valence-electron chi connectivity index (χ2n) is 9.94. The molecule has 2 bridgehead atoms. The molecule has 0 atom stereocenters. The topological polar surface area (TPSA) is 50.1 Å². The van der Waals surface area contributed by atoms with Crippen LogP contribution in [0.5, 0.6) is 5.75 Å². The molecular weight excluding hydrogens is 407 g/mol. The Morgan fingerprint density at radius 2 is 1.76 bits per heavy atom. The van der Waals surface area contributed by atoms with Crippen molar-refractivity contribution in [2.45, 2.75) is 45.7 Å². The normalized spacial score (nSPS) is 19.7. The van der Waals surface area contributed by atoms with Crippen LogP contribution in [0.3, 0.4) is 0 Å². The van der Waals surface area contributed by atoms with Gasteiger partial charge in [0, 0.05) is 12.7 Å². The van der Waals surface area contributed by atoms with E-state index in [0.717, 1.165) is 23.3 Å². The number of ether oxygens (including phenoxy) is 1. The van der Waals surface area contributed by atoms with Crippen molar-refractivity contribution < 1.29 is 9.53 Å². The van der Waals surface area contributed by atoms with E-state index in [9.17, 15) is 4.79 Å². The van der Waals surface area contributed by atoms with Gasteiger partial charge in [-0.2, -0.15) is 0 Å². The lowest BCUT2D eigenvalue weighted by Crippen LogP contribution is -2.82. The van der Waals surface area contributed by atoms with E-state index >= 15 is 0 Å². The number of fused-ring (bicyclic) bond motifs is 3. The van der Waals surface area contributed by atoms with Gasteiger partial charge in [-0.05, 0) is 45.1 Å². The van der Waals surface area contributed by atoms with Crippen LogP contribution in [0.2, 0.25) is 39.3 Å². The third-order valence-electron chi connectivity index (χ3n) is 8.24. The highest BCUT2D eigenvalue weighted by molar-refractivity contribution is 7.74. The standard InChI is InChI=1S/C23H30NO2Si3/c1-26-21-19-14-18(23(24)25)20(17-13-9-11-15-10-8-12-16(15)17)22(21)28(4,5)29(6,7)27(19,2)3/h8-9,11-14,24H,10H2,1-7H3. The Morgan fingerprint density at radius 3 is 2.38 bits per heavy atom. The van der Waals surface area contributed by atoms with Crippen LogP contribution in [0, 0.1) is 0 Å². The molecule has 6 heteroatoms. The Labute approximate surface area is 176 Å². The summed E-state index contributed by atoms with van der Waals surface area (Å²) in [5, 5.41) is 2.53. The maximum absolute atomic E-state index is 12.6. The summed E-state index contributed by atoms with van der Waals surface area (Å²) in [4.78, 5) is 12.6. The molecule has 0 aromatic heterocycles. The first-order valence-electron chi connectivity index (χ1n) is 10.3. The molecule has 29 heavy (non-hydrogen) atoms. The van der Waals surface area contributed by atoms with Crippen LogP contribution in [-0.2, 0) is 6.42 Å². The Morgan fingerprint density at radius 1 is 1.07 bits per heavy atom. The maximum Gasteiger partial charge on any atom is 0.270 e. The molecule has 0 saturated heterocycles. The molecule has 0 saturated carbocycles. The summed E-state index contributed by atoms with van der Waals surface area (Å²) in [6.45, 7) is 15.0. The molecule has 0 spiro atoms. The molecule has 1 radical (unpaired) electrons. The van der Waals surface area contributed by atoms with Crippen LogP contribution in [-0.4, -0.2) is 35.3 Å². The minimum atomic E-state index is -1.93. The van der Waals surface area contributed by atoms with Crippen LogP contribution in [0.4, 0.5) is 0 Å². The number of amides is 1. The highest BCUT2D eigenvalue weighted by Gasteiger charge is 2.60. The fourth-order valence-corrected chi connectivity index (χ4v) is 37.6. The first kappa shape index (κ1) is 20.4. The van der Waals surface area contributed by atoms with Gasteiger partial charge in [0.2, 0.25) is 0 Å². The number of benzene rings is 2. The van der Waals surface area contributed by atoms with Gasteiger partial charge in [0.15, 0.2) is 0 Å². The molecule has 1 amide bonds. The van der Waals surface area contributed by atoms with E-state index in [4.69, 9.17) is 10.5 Å². The van der Waals surface area contributed by atoms with Crippen LogP contribution >= 0.6 is 0 Å². The summed E-state index contributed by atoms with van der Waals surface area (Å²) in [5.41, 5.74) is 13.3. The van der Waals surface area contributed by atoms with Crippen molar-refractivity contribution in [3.8, 4) is 16.9 Å². The van der Waals surface area contributed by atoms with Gasteiger partial charge in [-0.3, -0.25) is 10.5 Å². The van der Waals surface area contributed by atoms with E-state index in [1.165, 1.54) is 21.5 Å². The first-order valence-corrected chi connectivity index (χ1v) is 21.3. The number of methoxy groups -OCH3 is 1. The zero-order valence-electron chi connectivity index (χ0n) is 18.5. The van der Waals surface area contributed by atoms with E-state index in [-0.39, 0.29) is 0 Å². The monoisotopic (exact) mass is 436 g/mol. The Kier molecular flexibility index (Phi) is 4.42. The van der Waals surface area contributed by atoms with Crippen LogP contribution < -0.4 is 20.8 Å². The van der Waals surface area contributed by atoms with Crippen LogP contribution in [0.25, 0.3) is 17.2 Å². The molecule has 1 heterocycles. The van der Waals surface area contributed by atoms with Crippen LogP contribution in [0.15, 0.2) is 30.3 Å². The van der Waals surface area contributed by atoms with E-state index in [0.29, 0.717) is 5.56 Å². The summed E-state index contributed by atoms with van der Waals surface area (Å²) >= 11 is 0. The number of hydrogen-bond donors (Lipinski definition) is 0. The molecule has 2 aromatic rings. The van der Waals surface area contributed by atoms with Crippen molar-refractivity contribution in [1.82, 2.24) is 5.73 Å². The molecule has 3 nitrogen and oxygen atoms in total. The summed E-state index contributed by atoms with van der Waals surface area (Å²) in [6.07, 6.45) is 5.29. The third kappa shape index (κ3) is 2.49. The molecular formula is C23H30NO2Si3. The second-order valence-corrected chi connectivity index (χ2v) is 37.2. The third-order valence-corrected chi connectivity index (χ3v) is 49.5. The number of rotatable bonds is 3. The minimum Gasteiger partial charge on any atom is -0.497 e. The summed E-state index contributed by atoms with van der Waals surface area (Å²) in [7, 11) is -3.57. The highest BCUT2D eigenvalue weighted by Crippen LogP contribution is 2.42. The van der Waals surface area contributed by atoms with E-state index in [2.05, 4.69) is 69.6 Å². The van der Waals surface area contributed by atoms with E-state index in [1.807, 2.05) is 6.07 Å². The quantitative estimate of drug-likeness (QED) is 0.681. The highest BCUT2D eigenvalue weighted by atomic mass is 29.6. The van der Waals surface area contributed by atoms with Crippen molar-refractivity contribution >= 4 is 44.6 Å². The number of carbonyl (C=O) groups excluding carboxylic acids is 1. The fraction of sp³-hybridized carbons (Fsp3) is 0.348. The Bertz CT molecular complexity index is 1080. The van der Waals surface area contributed by atoms with Gasteiger partial charge in [-0.1, -0.05) is 69.6 Å². The van der Waals surface area contributed by atoms with Crippen molar-refractivity contribution in [3.05, 3.63) is 47.0 Å². The lowest BCUT2D eigenvalue weighted by atomic mass is 9.93. The number of nitrogens with one attached hydrogen (secondary N) is 1.